The van der Waals surface area contributed by atoms with Crippen LogP contribution in [0, 0.1) is 11.8 Å². The van der Waals surface area contributed by atoms with E-state index in [1.807, 2.05) is 0 Å². The van der Waals surface area contributed by atoms with Gasteiger partial charge in [-0.2, -0.15) is 0 Å². The molecule has 36 heavy (non-hydrogen) atoms. The maximum absolute atomic E-state index is 14.2. The maximum atomic E-state index is 14.2. The zero-order chi connectivity index (χ0) is 25.7. The van der Waals surface area contributed by atoms with Crippen LogP contribution in [0.1, 0.15) is 36.7 Å². The van der Waals surface area contributed by atoms with Gasteiger partial charge in [-0.25, -0.2) is 19.3 Å². The van der Waals surface area contributed by atoms with Crippen LogP contribution in [0.15, 0.2) is 67.1 Å². The van der Waals surface area contributed by atoms with Crippen molar-refractivity contribution in [2.75, 3.05) is 10.6 Å². The van der Waals surface area contributed by atoms with E-state index in [0.717, 1.165) is 0 Å². The first-order valence-electron chi connectivity index (χ1n) is 11.0. The number of benzene rings is 2. The Morgan fingerprint density at radius 1 is 0.972 bits per heavy atom. The number of carbonyl (C=O) groups excluding carboxylic acids is 2. The molecule has 0 unspecified atom stereocenters. The second-order valence-electron chi connectivity index (χ2n) is 8.22. The van der Waals surface area contributed by atoms with Crippen LogP contribution in [0.25, 0.3) is 10.9 Å². The topological polar surface area (TPSA) is 106 Å². The Morgan fingerprint density at radius 3 is 2.47 bits per heavy atom. The molecular weight excluding hydrogens is 461 g/mol. The Bertz CT molecular complexity index is 1500. The third kappa shape index (κ3) is 5.80. The molecule has 2 N–H and O–H groups in total. The van der Waals surface area contributed by atoms with Crippen molar-refractivity contribution in [1.82, 2.24) is 15.0 Å². The molecule has 0 fully saturated rings. The Morgan fingerprint density at radius 2 is 1.75 bits per heavy atom. The van der Waals surface area contributed by atoms with Crippen molar-refractivity contribution in [2.45, 2.75) is 26.4 Å². The summed E-state index contributed by atoms with van der Waals surface area (Å²) in [5, 5.41) is 5.94. The number of alkyl halides is 1. The van der Waals surface area contributed by atoms with Gasteiger partial charge in [0.25, 0.3) is 11.8 Å². The van der Waals surface area contributed by atoms with Crippen molar-refractivity contribution in [1.29, 1.82) is 0 Å². The highest BCUT2D eigenvalue weighted by atomic mass is 19.1. The highest BCUT2D eigenvalue weighted by Gasteiger charge is 2.19. The van der Waals surface area contributed by atoms with Crippen LogP contribution >= 0.6 is 0 Å². The summed E-state index contributed by atoms with van der Waals surface area (Å²) in [4.78, 5) is 36.9. The maximum Gasteiger partial charge on any atom is 0.300 e. The van der Waals surface area contributed by atoms with Gasteiger partial charge in [0, 0.05) is 17.4 Å². The number of nitrogens with zero attached hydrogens (tertiary/aromatic N) is 3. The number of amides is 2. The summed E-state index contributed by atoms with van der Waals surface area (Å²) >= 11 is 0. The minimum atomic E-state index is -1.55. The van der Waals surface area contributed by atoms with Gasteiger partial charge in [-0.1, -0.05) is 5.92 Å². The minimum absolute atomic E-state index is 0.254. The first-order chi connectivity index (χ1) is 17.2. The number of aromatic nitrogens is 3. The monoisotopic (exact) mass is 483 g/mol. The molecular formula is C27H22FN5O3. The van der Waals surface area contributed by atoms with Crippen LogP contribution < -0.4 is 15.4 Å². The molecule has 2 amide bonds. The van der Waals surface area contributed by atoms with E-state index in [2.05, 4.69) is 37.4 Å². The Labute approximate surface area is 207 Å². The Kier molecular flexibility index (Phi) is 6.88. The average Bonchev–Trinajstić information content (AvgIpc) is 2.84. The van der Waals surface area contributed by atoms with E-state index in [-0.39, 0.29) is 11.7 Å². The summed E-state index contributed by atoms with van der Waals surface area (Å²) in [5.74, 6) is 5.11. The second kappa shape index (κ2) is 10.2. The Balaban J connectivity index is 1.50. The number of pyridine rings is 1. The van der Waals surface area contributed by atoms with Crippen molar-refractivity contribution in [3.63, 3.8) is 0 Å². The predicted octanol–water partition coefficient (Wildman–Crippen LogP) is 5.24. The molecule has 8 nitrogen and oxygen atoms in total. The third-order valence-corrected chi connectivity index (χ3v) is 5.11. The van der Waals surface area contributed by atoms with Gasteiger partial charge in [-0.3, -0.25) is 9.59 Å². The van der Waals surface area contributed by atoms with Crippen LogP contribution in [0.4, 0.5) is 15.9 Å². The van der Waals surface area contributed by atoms with Crippen LogP contribution in [0.2, 0.25) is 0 Å². The third-order valence-electron chi connectivity index (χ3n) is 5.11. The quantitative estimate of drug-likeness (QED) is 0.364. The largest absolute Gasteiger partial charge is 0.438 e. The van der Waals surface area contributed by atoms with E-state index in [1.54, 1.807) is 55.5 Å². The van der Waals surface area contributed by atoms with Gasteiger partial charge in [-0.15, -0.1) is 0 Å². The number of ether oxygens (including phenoxy) is 1. The normalized spacial score (nSPS) is 10.8. The summed E-state index contributed by atoms with van der Waals surface area (Å²) in [7, 11) is 0. The van der Waals surface area contributed by atoms with E-state index in [0.29, 0.717) is 33.5 Å². The zero-order valence-corrected chi connectivity index (χ0v) is 19.8. The van der Waals surface area contributed by atoms with Gasteiger partial charge in [-0.05, 0) is 86.9 Å². The molecule has 0 saturated carbocycles. The molecule has 4 rings (SSSR count). The van der Waals surface area contributed by atoms with Crippen molar-refractivity contribution in [2.24, 2.45) is 0 Å². The zero-order valence-electron chi connectivity index (χ0n) is 19.8. The van der Waals surface area contributed by atoms with Crippen LogP contribution in [0.3, 0.4) is 0 Å². The summed E-state index contributed by atoms with van der Waals surface area (Å²) in [6.45, 7) is 4.45. The molecule has 9 heteroatoms. The first-order valence-corrected chi connectivity index (χ1v) is 11.0. The number of anilines is 2. The number of fused-ring (bicyclic) bond motifs is 1. The minimum Gasteiger partial charge on any atom is -0.438 e. The van der Waals surface area contributed by atoms with Gasteiger partial charge in [0.05, 0.1) is 10.9 Å². The molecule has 0 atom stereocenters. The molecule has 2 aromatic heterocycles. The van der Waals surface area contributed by atoms with Crippen molar-refractivity contribution >= 4 is 34.2 Å². The van der Waals surface area contributed by atoms with Crippen molar-refractivity contribution in [3.05, 3.63) is 78.2 Å². The summed E-state index contributed by atoms with van der Waals surface area (Å²) < 4.78 is 20.1. The van der Waals surface area contributed by atoms with Crippen molar-refractivity contribution < 1.29 is 18.7 Å². The number of halogens is 1. The molecule has 0 bridgehead atoms. The number of rotatable bonds is 6. The van der Waals surface area contributed by atoms with Crippen LogP contribution in [-0.2, 0) is 10.5 Å². The molecule has 2 heterocycles. The van der Waals surface area contributed by atoms with Crippen LogP contribution in [0.5, 0.6) is 11.6 Å². The van der Waals surface area contributed by atoms with E-state index in [9.17, 15) is 14.0 Å². The number of carbonyl (C=O) groups is 2. The Hall–Kier alpha value is -4.84. The molecule has 2 aromatic carbocycles. The first kappa shape index (κ1) is 24.3. The molecule has 0 radical (unpaired) electrons. The molecule has 0 aliphatic rings. The standard InChI is InChI=1S/C27H22FN5O3/c1-4-5-24(34)32-19-8-11-22-21(15-19)26(31-16-30-22)36-20-9-6-17(7-10-20)25(35)33-23-14-18(12-13-29-23)27(2,3)28/h6-16H,1-3H3,(H,32,34)(H,29,33,35). The lowest BCUT2D eigenvalue weighted by molar-refractivity contribution is -0.111. The molecule has 0 aliphatic carbocycles. The molecule has 4 aromatic rings. The average molecular weight is 484 g/mol. The molecule has 0 saturated heterocycles. The van der Waals surface area contributed by atoms with E-state index in [1.165, 1.54) is 32.4 Å². The van der Waals surface area contributed by atoms with Crippen LogP contribution in [-0.4, -0.2) is 26.8 Å². The van der Waals surface area contributed by atoms with Gasteiger partial charge < -0.3 is 15.4 Å². The smallest absolute Gasteiger partial charge is 0.300 e. The summed E-state index contributed by atoms with van der Waals surface area (Å²) in [6, 6.07) is 14.6. The van der Waals surface area contributed by atoms with E-state index < -0.39 is 17.5 Å². The lowest BCUT2D eigenvalue weighted by Crippen LogP contribution is -2.15. The summed E-state index contributed by atoms with van der Waals surface area (Å²) in [5.41, 5.74) is 0.374. The fraction of sp³-hybridized carbons (Fsp3) is 0.148. The fourth-order valence-corrected chi connectivity index (χ4v) is 3.31. The second-order valence-corrected chi connectivity index (χ2v) is 8.22. The molecule has 0 aliphatic heterocycles. The predicted molar refractivity (Wildman–Crippen MR) is 134 cm³/mol. The number of hydrogen-bond donors (Lipinski definition) is 2. The highest BCUT2D eigenvalue weighted by molar-refractivity contribution is 6.05. The van der Waals surface area contributed by atoms with Gasteiger partial charge >= 0.3 is 0 Å². The lowest BCUT2D eigenvalue weighted by atomic mass is 10.0. The van der Waals surface area contributed by atoms with Gasteiger partial charge in [0.2, 0.25) is 5.88 Å². The fourth-order valence-electron chi connectivity index (χ4n) is 3.31. The summed E-state index contributed by atoms with van der Waals surface area (Å²) in [6.07, 6.45) is 2.82. The lowest BCUT2D eigenvalue weighted by Gasteiger charge is -2.15. The number of hydrogen-bond acceptors (Lipinski definition) is 6. The highest BCUT2D eigenvalue weighted by Crippen LogP contribution is 2.29. The van der Waals surface area contributed by atoms with E-state index >= 15 is 0 Å². The number of nitrogens with one attached hydrogen (secondary N) is 2. The van der Waals surface area contributed by atoms with Gasteiger partial charge in [0.15, 0.2) is 0 Å². The molecule has 0 spiro atoms. The molecule has 180 valence electrons. The van der Waals surface area contributed by atoms with Gasteiger partial charge in [0.1, 0.15) is 23.6 Å². The van der Waals surface area contributed by atoms with Crippen molar-refractivity contribution in [3.8, 4) is 23.5 Å². The van der Waals surface area contributed by atoms with E-state index in [4.69, 9.17) is 4.74 Å². The SMILES string of the molecule is CC#CC(=O)Nc1ccc2ncnc(Oc3ccc(C(=O)Nc4cc(C(C)(C)F)ccn4)cc3)c2c1.